The van der Waals surface area contributed by atoms with Crippen molar-refractivity contribution in [1.29, 1.82) is 0 Å². The summed E-state index contributed by atoms with van der Waals surface area (Å²) in [5.74, 6) is -1.46. The zero-order valence-corrected chi connectivity index (χ0v) is 12.2. The monoisotopic (exact) mass is 340 g/mol. The quantitative estimate of drug-likeness (QED) is 0.899. The summed E-state index contributed by atoms with van der Waals surface area (Å²) < 4.78 is 0.688. The van der Waals surface area contributed by atoms with E-state index in [0.29, 0.717) is 9.35 Å². The van der Waals surface area contributed by atoms with Gasteiger partial charge in [0, 0.05) is 4.47 Å². The van der Waals surface area contributed by atoms with Crippen LogP contribution < -0.4 is 5.32 Å². The van der Waals surface area contributed by atoms with E-state index in [9.17, 15) is 9.59 Å². The van der Waals surface area contributed by atoms with Gasteiger partial charge >= 0.3 is 5.97 Å². The summed E-state index contributed by atoms with van der Waals surface area (Å²) in [5, 5.41) is 12.4. The Morgan fingerprint density at radius 2 is 2.16 bits per heavy atom. The first kappa shape index (κ1) is 13.7. The van der Waals surface area contributed by atoms with Gasteiger partial charge in [0.2, 0.25) is 0 Å². The maximum absolute atomic E-state index is 12.0. The van der Waals surface area contributed by atoms with Gasteiger partial charge in [-0.15, -0.1) is 11.3 Å². The van der Waals surface area contributed by atoms with Gasteiger partial charge in [0.25, 0.3) is 5.91 Å². The van der Waals surface area contributed by atoms with Crippen LogP contribution in [0.4, 0.5) is 5.69 Å². The molecule has 0 saturated heterocycles. The summed E-state index contributed by atoms with van der Waals surface area (Å²) in [4.78, 5) is 27.5. The van der Waals surface area contributed by atoms with Crippen LogP contribution in [0.25, 0.3) is 0 Å². The molecule has 2 N–H and O–H groups in total. The van der Waals surface area contributed by atoms with Gasteiger partial charge in [-0.2, -0.15) is 0 Å². The van der Waals surface area contributed by atoms with Gasteiger partial charge in [-0.1, -0.05) is 15.9 Å². The van der Waals surface area contributed by atoms with Gasteiger partial charge in [0.05, 0.1) is 22.5 Å². The van der Waals surface area contributed by atoms with Gasteiger partial charge in [0.15, 0.2) is 0 Å². The molecule has 0 aliphatic rings. The molecule has 19 heavy (non-hydrogen) atoms. The third-order valence-corrected chi connectivity index (χ3v) is 3.71. The maximum Gasteiger partial charge on any atom is 0.337 e. The van der Waals surface area contributed by atoms with Crippen LogP contribution in [-0.2, 0) is 0 Å². The van der Waals surface area contributed by atoms with Crippen molar-refractivity contribution in [2.24, 2.45) is 0 Å². The second-order valence-electron chi connectivity index (χ2n) is 3.69. The molecule has 0 radical (unpaired) electrons. The minimum absolute atomic E-state index is 0.0396. The van der Waals surface area contributed by atoms with Crippen molar-refractivity contribution in [2.75, 3.05) is 5.32 Å². The van der Waals surface area contributed by atoms with Gasteiger partial charge in [-0.05, 0) is 25.1 Å². The van der Waals surface area contributed by atoms with Crippen LogP contribution in [0.3, 0.4) is 0 Å². The zero-order chi connectivity index (χ0) is 14.0. The lowest BCUT2D eigenvalue weighted by Crippen LogP contribution is -2.13. The number of aromatic carboxylic acids is 1. The highest BCUT2D eigenvalue weighted by Crippen LogP contribution is 2.23. The number of benzene rings is 1. The zero-order valence-electron chi connectivity index (χ0n) is 9.81. The van der Waals surface area contributed by atoms with Gasteiger partial charge in [-0.25, -0.2) is 9.78 Å². The highest BCUT2D eigenvalue weighted by Gasteiger charge is 2.15. The number of nitrogens with zero attached hydrogens (tertiary/aromatic N) is 1. The van der Waals surface area contributed by atoms with Crippen LogP contribution in [0.15, 0.2) is 28.9 Å². The van der Waals surface area contributed by atoms with Crippen molar-refractivity contribution in [2.45, 2.75) is 6.92 Å². The number of anilines is 1. The number of rotatable bonds is 3. The van der Waals surface area contributed by atoms with Crippen LogP contribution in [0.5, 0.6) is 0 Å². The molecular weight excluding hydrogens is 332 g/mol. The number of hydrogen-bond acceptors (Lipinski definition) is 4. The topological polar surface area (TPSA) is 79.3 Å². The number of thiazole rings is 1. The van der Waals surface area contributed by atoms with Crippen LogP contribution in [-0.4, -0.2) is 22.0 Å². The summed E-state index contributed by atoms with van der Waals surface area (Å²) in [6.07, 6.45) is 1.47. The summed E-state index contributed by atoms with van der Waals surface area (Å²) in [7, 11) is 0. The van der Waals surface area contributed by atoms with Gasteiger partial charge < -0.3 is 10.4 Å². The average Bonchev–Trinajstić information content (AvgIpc) is 2.75. The highest BCUT2D eigenvalue weighted by molar-refractivity contribution is 9.10. The minimum Gasteiger partial charge on any atom is -0.478 e. The number of carboxylic acids is 1. The number of aryl methyl sites for hydroxylation is 1. The third-order valence-electron chi connectivity index (χ3n) is 2.31. The van der Waals surface area contributed by atoms with Crippen molar-refractivity contribution in [3.63, 3.8) is 0 Å². The Labute approximate surface area is 121 Å². The van der Waals surface area contributed by atoms with Gasteiger partial charge in [0.1, 0.15) is 4.88 Å². The normalized spacial score (nSPS) is 10.2. The highest BCUT2D eigenvalue weighted by atomic mass is 79.9. The predicted octanol–water partition coefficient (Wildman–Crippen LogP) is 3.16. The molecule has 0 spiro atoms. The molecule has 1 heterocycles. The third kappa shape index (κ3) is 3.18. The Kier molecular flexibility index (Phi) is 3.96. The second kappa shape index (κ2) is 5.50. The lowest BCUT2D eigenvalue weighted by Gasteiger charge is -2.07. The molecule has 7 heteroatoms. The molecule has 0 aliphatic heterocycles. The molecule has 0 atom stereocenters. The fourth-order valence-electron chi connectivity index (χ4n) is 1.46. The molecule has 1 aromatic carbocycles. The van der Waals surface area contributed by atoms with Crippen LogP contribution in [0, 0.1) is 6.92 Å². The van der Waals surface area contributed by atoms with Crippen molar-refractivity contribution in [1.82, 2.24) is 4.98 Å². The molecule has 1 aromatic heterocycles. The van der Waals surface area contributed by atoms with Crippen molar-refractivity contribution < 1.29 is 14.7 Å². The number of hydrogen-bond donors (Lipinski definition) is 2. The smallest absolute Gasteiger partial charge is 0.337 e. The first-order valence-corrected chi connectivity index (χ1v) is 6.85. The number of nitrogens with one attached hydrogen (secondary N) is 1. The summed E-state index contributed by atoms with van der Waals surface area (Å²) in [6.45, 7) is 1.79. The molecule has 0 unspecified atom stereocenters. The van der Waals surface area contributed by atoms with E-state index < -0.39 is 5.97 Å². The second-order valence-corrected chi connectivity index (χ2v) is 5.84. The van der Waals surface area contributed by atoms with Crippen molar-refractivity contribution in [3.05, 3.63) is 44.3 Å². The summed E-state index contributed by atoms with van der Waals surface area (Å²) in [6, 6.07) is 4.59. The van der Waals surface area contributed by atoms with Crippen LogP contribution >= 0.6 is 27.3 Å². The largest absolute Gasteiger partial charge is 0.478 e. The molecule has 5 nitrogen and oxygen atoms in total. The Morgan fingerprint density at radius 3 is 2.74 bits per heavy atom. The number of carbonyl (C=O) groups excluding carboxylic acids is 1. The predicted molar refractivity (Wildman–Crippen MR) is 75.9 cm³/mol. The van der Waals surface area contributed by atoms with Gasteiger partial charge in [-0.3, -0.25) is 4.79 Å². The van der Waals surface area contributed by atoms with E-state index >= 15 is 0 Å². The molecule has 0 aliphatic carbocycles. The molecule has 2 rings (SSSR count). The fourth-order valence-corrected chi connectivity index (χ4v) is 2.49. The van der Waals surface area contributed by atoms with Crippen LogP contribution in [0.1, 0.15) is 25.0 Å². The molecule has 2 aromatic rings. The minimum atomic E-state index is -1.09. The summed E-state index contributed by atoms with van der Waals surface area (Å²) >= 11 is 4.49. The van der Waals surface area contributed by atoms with Crippen molar-refractivity contribution >= 4 is 44.8 Å². The Morgan fingerprint density at radius 1 is 1.42 bits per heavy atom. The van der Waals surface area contributed by atoms with E-state index in [1.54, 1.807) is 19.1 Å². The Balaban J connectivity index is 2.30. The molecule has 98 valence electrons. The average molecular weight is 341 g/mol. The number of carbonyl (C=O) groups is 2. The molecule has 0 fully saturated rings. The number of carboxylic acid groups (broad SMARTS) is 1. The first-order chi connectivity index (χ1) is 8.97. The van der Waals surface area contributed by atoms with Crippen LogP contribution in [0.2, 0.25) is 0 Å². The molecule has 0 bridgehead atoms. The molecular formula is C12H9BrN2O3S. The van der Waals surface area contributed by atoms with E-state index in [2.05, 4.69) is 26.2 Å². The van der Waals surface area contributed by atoms with E-state index in [1.807, 2.05) is 0 Å². The Hall–Kier alpha value is -1.73. The lowest BCUT2D eigenvalue weighted by molar-refractivity contribution is 0.0698. The number of aromatic nitrogens is 1. The van der Waals surface area contributed by atoms with E-state index in [4.69, 9.17) is 5.11 Å². The first-order valence-electron chi connectivity index (χ1n) is 5.24. The summed E-state index contributed by atoms with van der Waals surface area (Å²) in [5.41, 5.74) is 0.288. The van der Waals surface area contributed by atoms with E-state index in [0.717, 1.165) is 5.01 Å². The van der Waals surface area contributed by atoms with E-state index in [-0.39, 0.29) is 17.2 Å². The molecule has 1 amide bonds. The van der Waals surface area contributed by atoms with Crippen molar-refractivity contribution in [3.8, 4) is 0 Å². The standard InChI is InChI=1S/C12H9BrN2O3S/c1-6-14-5-10(19-6)11(16)15-9-4-7(13)2-3-8(9)12(17)18/h2-5H,1H3,(H,15,16)(H,17,18). The Bertz CT molecular complexity index is 654. The fraction of sp³-hybridized carbons (Fsp3) is 0.0833. The molecule has 0 saturated carbocycles. The number of amides is 1. The lowest BCUT2D eigenvalue weighted by atomic mass is 10.2. The number of halogens is 1. The maximum atomic E-state index is 12.0. The SMILES string of the molecule is Cc1ncc(C(=O)Nc2cc(Br)ccc2C(=O)O)s1. The van der Waals surface area contributed by atoms with E-state index in [1.165, 1.54) is 23.6 Å².